The minimum atomic E-state index is -2.88. The number of nitrogens with zero attached hydrogens (tertiary/aromatic N) is 2. The SMILES string of the molecule is O=C(c1occc1-c1ccccc1)N1CCN(C2CCS(=O)(=O)C2)CC1. The van der Waals surface area contributed by atoms with Gasteiger partial charge in [0, 0.05) is 37.8 Å². The molecule has 0 spiro atoms. The summed E-state index contributed by atoms with van der Waals surface area (Å²) in [4.78, 5) is 16.9. The van der Waals surface area contributed by atoms with Crippen LogP contribution >= 0.6 is 0 Å². The van der Waals surface area contributed by atoms with Gasteiger partial charge in [-0.2, -0.15) is 0 Å². The number of rotatable bonds is 3. The maximum absolute atomic E-state index is 12.9. The first kappa shape index (κ1) is 17.3. The number of carbonyl (C=O) groups excluding carboxylic acids is 1. The molecule has 1 unspecified atom stereocenters. The zero-order chi connectivity index (χ0) is 18.1. The highest BCUT2D eigenvalue weighted by molar-refractivity contribution is 7.91. The Morgan fingerprint density at radius 1 is 1.04 bits per heavy atom. The second-order valence-electron chi connectivity index (χ2n) is 6.91. The maximum atomic E-state index is 12.9. The third-order valence-corrected chi connectivity index (χ3v) is 7.02. The molecule has 3 heterocycles. The van der Waals surface area contributed by atoms with Crippen molar-refractivity contribution in [3.8, 4) is 11.1 Å². The molecule has 2 fully saturated rings. The molecule has 1 aromatic heterocycles. The summed E-state index contributed by atoms with van der Waals surface area (Å²) in [7, 11) is -2.88. The highest BCUT2D eigenvalue weighted by Crippen LogP contribution is 2.26. The Balaban J connectivity index is 1.43. The molecule has 0 saturated carbocycles. The van der Waals surface area contributed by atoms with E-state index in [1.54, 1.807) is 11.2 Å². The third kappa shape index (κ3) is 3.41. The molecular weight excluding hydrogens is 352 g/mol. The molecule has 7 heteroatoms. The third-order valence-electron chi connectivity index (χ3n) is 5.27. The van der Waals surface area contributed by atoms with Crippen molar-refractivity contribution in [1.82, 2.24) is 9.80 Å². The molecule has 2 aliphatic rings. The van der Waals surface area contributed by atoms with Crippen molar-refractivity contribution >= 4 is 15.7 Å². The lowest BCUT2D eigenvalue weighted by molar-refractivity contribution is 0.0559. The number of amides is 1. The molecule has 0 radical (unpaired) electrons. The lowest BCUT2D eigenvalue weighted by Crippen LogP contribution is -2.52. The Morgan fingerprint density at radius 2 is 1.77 bits per heavy atom. The van der Waals surface area contributed by atoms with Crippen LogP contribution < -0.4 is 0 Å². The van der Waals surface area contributed by atoms with E-state index in [4.69, 9.17) is 4.42 Å². The second-order valence-corrected chi connectivity index (χ2v) is 9.14. The van der Waals surface area contributed by atoms with E-state index >= 15 is 0 Å². The van der Waals surface area contributed by atoms with E-state index in [2.05, 4.69) is 4.90 Å². The predicted molar refractivity (Wildman–Crippen MR) is 98.7 cm³/mol. The molecular formula is C19H22N2O4S. The van der Waals surface area contributed by atoms with Gasteiger partial charge < -0.3 is 9.32 Å². The van der Waals surface area contributed by atoms with E-state index in [0.717, 1.165) is 11.1 Å². The summed E-state index contributed by atoms with van der Waals surface area (Å²) in [5.74, 6) is 0.793. The normalized spacial score (nSPS) is 23.2. The van der Waals surface area contributed by atoms with Crippen LogP contribution in [0.3, 0.4) is 0 Å². The van der Waals surface area contributed by atoms with E-state index in [1.165, 1.54) is 0 Å². The van der Waals surface area contributed by atoms with Gasteiger partial charge in [-0.25, -0.2) is 8.42 Å². The zero-order valence-electron chi connectivity index (χ0n) is 14.5. The quantitative estimate of drug-likeness (QED) is 0.821. The highest BCUT2D eigenvalue weighted by Gasteiger charge is 2.35. The van der Waals surface area contributed by atoms with Crippen LogP contribution in [0.2, 0.25) is 0 Å². The van der Waals surface area contributed by atoms with E-state index in [0.29, 0.717) is 38.4 Å². The summed E-state index contributed by atoms with van der Waals surface area (Å²) in [6, 6.07) is 11.6. The fraction of sp³-hybridized carbons (Fsp3) is 0.421. The molecule has 26 heavy (non-hydrogen) atoms. The molecule has 138 valence electrons. The molecule has 6 nitrogen and oxygen atoms in total. The van der Waals surface area contributed by atoms with E-state index in [-0.39, 0.29) is 23.5 Å². The van der Waals surface area contributed by atoms with Gasteiger partial charge in [0.15, 0.2) is 15.6 Å². The summed E-state index contributed by atoms with van der Waals surface area (Å²) in [6.07, 6.45) is 2.25. The van der Waals surface area contributed by atoms with Crippen molar-refractivity contribution in [2.75, 3.05) is 37.7 Å². The maximum Gasteiger partial charge on any atom is 0.290 e. The topological polar surface area (TPSA) is 70.8 Å². The van der Waals surface area contributed by atoms with Crippen LogP contribution in [0, 0.1) is 0 Å². The fourth-order valence-corrected chi connectivity index (χ4v) is 5.58. The lowest BCUT2D eigenvalue weighted by atomic mass is 10.1. The van der Waals surface area contributed by atoms with Crippen molar-refractivity contribution in [1.29, 1.82) is 0 Å². The van der Waals surface area contributed by atoms with Crippen LogP contribution in [0.15, 0.2) is 47.1 Å². The van der Waals surface area contributed by atoms with Crippen molar-refractivity contribution in [2.45, 2.75) is 12.5 Å². The largest absolute Gasteiger partial charge is 0.459 e. The Kier molecular flexibility index (Phi) is 4.58. The number of sulfone groups is 1. The summed E-state index contributed by atoms with van der Waals surface area (Å²) in [5, 5.41) is 0. The first-order chi connectivity index (χ1) is 12.5. The van der Waals surface area contributed by atoms with Crippen LogP contribution in [-0.2, 0) is 9.84 Å². The average molecular weight is 374 g/mol. The highest BCUT2D eigenvalue weighted by atomic mass is 32.2. The van der Waals surface area contributed by atoms with Gasteiger partial charge in [-0.3, -0.25) is 9.69 Å². The number of benzene rings is 1. The Labute approximate surface area is 153 Å². The summed E-state index contributed by atoms with van der Waals surface area (Å²) in [5.41, 5.74) is 1.76. The molecule has 0 N–H and O–H groups in total. The summed E-state index contributed by atoms with van der Waals surface area (Å²) >= 11 is 0. The van der Waals surface area contributed by atoms with Gasteiger partial charge in [-0.15, -0.1) is 0 Å². The van der Waals surface area contributed by atoms with Gasteiger partial charge in [0.2, 0.25) is 0 Å². The van der Waals surface area contributed by atoms with E-state index in [9.17, 15) is 13.2 Å². The van der Waals surface area contributed by atoms with Gasteiger partial charge in [-0.05, 0) is 18.1 Å². The standard InChI is InChI=1S/C19H22N2O4S/c22-19(18-17(6-12-25-18)15-4-2-1-3-5-15)21-10-8-20(9-11-21)16-7-13-26(23,24)14-16/h1-6,12,16H,7-11,13-14H2. The van der Waals surface area contributed by atoms with Gasteiger partial charge in [-0.1, -0.05) is 30.3 Å². The average Bonchev–Trinajstić information content (AvgIpc) is 3.28. The van der Waals surface area contributed by atoms with Crippen molar-refractivity contribution in [2.24, 2.45) is 0 Å². The van der Waals surface area contributed by atoms with Crippen molar-refractivity contribution < 1.29 is 17.6 Å². The van der Waals surface area contributed by atoms with Crippen LogP contribution in [0.25, 0.3) is 11.1 Å². The monoisotopic (exact) mass is 374 g/mol. The Morgan fingerprint density at radius 3 is 2.42 bits per heavy atom. The summed E-state index contributed by atoms with van der Waals surface area (Å²) < 4.78 is 28.9. The van der Waals surface area contributed by atoms with Gasteiger partial charge in [0.1, 0.15) is 0 Å². The molecule has 2 aromatic rings. The van der Waals surface area contributed by atoms with Gasteiger partial charge >= 0.3 is 0 Å². The van der Waals surface area contributed by atoms with Gasteiger partial charge in [0.05, 0.1) is 17.8 Å². The van der Waals surface area contributed by atoms with Crippen LogP contribution in [0.1, 0.15) is 17.0 Å². The van der Waals surface area contributed by atoms with Crippen LogP contribution in [0.4, 0.5) is 0 Å². The predicted octanol–water partition coefficient (Wildman–Crippen LogP) is 1.89. The number of piperazine rings is 1. The minimum Gasteiger partial charge on any atom is -0.459 e. The first-order valence-corrected chi connectivity index (χ1v) is 10.7. The smallest absolute Gasteiger partial charge is 0.290 e. The van der Waals surface area contributed by atoms with E-state index < -0.39 is 9.84 Å². The van der Waals surface area contributed by atoms with Crippen molar-refractivity contribution in [3.63, 3.8) is 0 Å². The molecule has 1 amide bonds. The number of furan rings is 1. The van der Waals surface area contributed by atoms with Gasteiger partial charge in [0.25, 0.3) is 5.91 Å². The molecule has 1 atom stereocenters. The first-order valence-electron chi connectivity index (χ1n) is 8.90. The molecule has 2 aliphatic heterocycles. The van der Waals surface area contributed by atoms with Crippen LogP contribution in [0.5, 0.6) is 0 Å². The van der Waals surface area contributed by atoms with E-state index in [1.807, 2.05) is 36.4 Å². The number of hydrogen-bond acceptors (Lipinski definition) is 5. The molecule has 2 saturated heterocycles. The molecule has 0 aliphatic carbocycles. The lowest BCUT2D eigenvalue weighted by Gasteiger charge is -2.37. The Bertz CT molecular complexity index is 883. The zero-order valence-corrected chi connectivity index (χ0v) is 15.3. The van der Waals surface area contributed by atoms with Crippen molar-refractivity contribution in [3.05, 3.63) is 48.4 Å². The number of carbonyl (C=O) groups is 1. The summed E-state index contributed by atoms with van der Waals surface area (Å²) in [6.45, 7) is 2.58. The second kappa shape index (κ2) is 6.89. The molecule has 4 rings (SSSR count). The number of hydrogen-bond donors (Lipinski definition) is 0. The molecule has 1 aromatic carbocycles. The Hall–Kier alpha value is -2.12. The van der Waals surface area contributed by atoms with Crippen LogP contribution in [-0.4, -0.2) is 67.9 Å². The minimum absolute atomic E-state index is 0.0979. The molecule has 0 bridgehead atoms. The fourth-order valence-electron chi connectivity index (χ4n) is 3.82.